The second-order valence-electron chi connectivity index (χ2n) is 4.62. The van der Waals surface area contributed by atoms with Gasteiger partial charge in [-0.15, -0.1) is 0 Å². The molecule has 0 radical (unpaired) electrons. The third-order valence-electron chi connectivity index (χ3n) is 2.98. The third-order valence-corrected chi connectivity index (χ3v) is 4.39. The van der Waals surface area contributed by atoms with Gasteiger partial charge < -0.3 is 10.3 Å². The third kappa shape index (κ3) is 4.66. The van der Waals surface area contributed by atoms with E-state index in [1.54, 1.807) is 23.4 Å². The van der Waals surface area contributed by atoms with E-state index in [1.165, 1.54) is 6.20 Å². The van der Waals surface area contributed by atoms with E-state index in [9.17, 15) is 8.42 Å². The monoisotopic (exact) mass is 312 g/mol. The van der Waals surface area contributed by atoms with Crippen molar-refractivity contribution in [2.45, 2.75) is 24.3 Å². The van der Waals surface area contributed by atoms with E-state index in [0.717, 1.165) is 18.7 Å². The summed E-state index contributed by atoms with van der Waals surface area (Å²) in [7, 11) is -1.63. The number of sulfonamides is 1. The Labute approximate surface area is 124 Å². The van der Waals surface area contributed by atoms with Crippen molar-refractivity contribution in [3.63, 3.8) is 0 Å². The van der Waals surface area contributed by atoms with Gasteiger partial charge in [-0.25, -0.2) is 18.1 Å². The minimum Gasteiger partial charge on any atom is -0.348 e. The first-order valence-corrected chi connectivity index (χ1v) is 8.24. The molecule has 0 amide bonds. The van der Waals surface area contributed by atoms with Crippen LogP contribution in [0.25, 0.3) is 0 Å². The van der Waals surface area contributed by atoms with Gasteiger partial charge in [-0.2, -0.15) is 5.10 Å². The number of imidazole rings is 1. The quantitative estimate of drug-likeness (QED) is 0.553. The minimum atomic E-state index is -3.51. The molecule has 0 unspecified atom stereocenters. The van der Waals surface area contributed by atoms with Crippen molar-refractivity contribution < 1.29 is 8.42 Å². The van der Waals surface area contributed by atoms with Crippen molar-refractivity contribution in [1.29, 1.82) is 0 Å². The molecule has 116 valence electrons. The number of aromatic amines is 1. The van der Waals surface area contributed by atoms with Crippen LogP contribution in [0.2, 0.25) is 0 Å². The molecule has 0 saturated heterocycles. The molecule has 0 saturated carbocycles. The largest absolute Gasteiger partial charge is 0.348 e. The Balaban J connectivity index is 1.86. The summed E-state index contributed by atoms with van der Waals surface area (Å²) >= 11 is 0. The van der Waals surface area contributed by atoms with Crippen LogP contribution >= 0.6 is 0 Å². The molecule has 0 bridgehead atoms. The Morgan fingerprint density at radius 3 is 2.90 bits per heavy atom. The lowest BCUT2D eigenvalue weighted by molar-refractivity contribution is 0.560. The molecule has 0 aromatic carbocycles. The second kappa shape index (κ2) is 7.34. The van der Waals surface area contributed by atoms with Gasteiger partial charge in [-0.05, 0) is 20.0 Å². The summed E-state index contributed by atoms with van der Waals surface area (Å²) in [4.78, 5) is 7.00. The molecule has 2 aromatic heterocycles. The summed E-state index contributed by atoms with van der Waals surface area (Å²) in [6, 6.07) is 0. The molecule has 2 rings (SSSR count). The highest BCUT2D eigenvalue weighted by Gasteiger charge is 2.15. The molecular formula is C12H20N6O2S. The molecule has 0 fully saturated rings. The number of nitrogens with one attached hydrogen (secondary N) is 3. The van der Waals surface area contributed by atoms with Crippen LogP contribution in [0.3, 0.4) is 0 Å². The maximum Gasteiger partial charge on any atom is 0.243 e. The van der Waals surface area contributed by atoms with Crippen LogP contribution in [0.15, 0.2) is 29.8 Å². The fraction of sp³-hybridized carbons (Fsp3) is 0.500. The second-order valence-corrected chi connectivity index (χ2v) is 6.39. The zero-order valence-corrected chi connectivity index (χ0v) is 12.7. The van der Waals surface area contributed by atoms with Crippen molar-refractivity contribution in [3.8, 4) is 0 Å². The van der Waals surface area contributed by atoms with Gasteiger partial charge >= 0.3 is 0 Å². The zero-order valence-electron chi connectivity index (χ0n) is 11.9. The van der Waals surface area contributed by atoms with E-state index < -0.39 is 10.0 Å². The molecule has 8 nitrogen and oxygen atoms in total. The number of rotatable bonds is 9. The summed E-state index contributed by atoms with van der Waals surface area (Å²) in [5.41, 5.74) is 0.889. The lowest BCUT2D eigenvalue weighted by Crippen LogP contribution is -2.25. The van der Waals surface area contributed by atoms with Crippen LogP contribution < -0.4 is 10.0 Å². The molecule has 0 aliphatic heterocycles. The predicted molar refractivity (Wildman–Crippen MR) is 78.3 cm³/mol. The maximum absolute atomic E-state index is 12.1. The van der Waals surface area contributed by atoms with E-state index in [2.05, 4.69) is 25.1 Å². The fourth-order valence-corrected chi connectivity index (χ4v) is 2.83. The first kappa shape index (κ1) is 15.7. The van der Waals surface area contributed by atoms with Gasteiger partial charge in [-0.3, -0.25) is 4.68 Å². The smallest absolute Gasteiger partial charge is 0.243 e. The van der Waals surface area contributed by atoms with Gasteiger partial charge in [0.2, 0.25) is 10.0 Å². The average Bonchev–Trinajstić information content (AvgIpc) is 3.10. The topological polar surface area (TPSA) is 105 Å². The van der Waals surface area contributed by atoms with E-state index in [0.29, 0.717) is 19.5 Å². The van der Waals surface area contributed by atoms with Gasteiger partial charge in [-0.1, -0.05) is 0 Å². The van der Waals surface area contributed by atoms with Crippen LogP contribution in [0.5, 0.6) is 0 Å². The SMILES string of the molecule is CNCCCn1cc(S(=O)(=O)NCCc2cnc[nH]2)cn1. The standard InChI is InChI=1S/C12H20N6O2S/c1-13-4-2-6-18-9-12(8-16-18)21(19,20)17-5-3-11-7-14-10-15-11/h7-10,13,17H,2-6H2,1H3,(H,14,15). The van der Waals surface area contributed by atoms with Crippen LogP contribution in [0.4, 0.5) is 0 Å². The first-order chi connectivity index (χ1) is 10.1. The number of hydrogen-bond donors (Lipinski definition) is 3. The number of aryl methyl sites for hydroxylation is 1. The Morgan fingerprint density at radius 1 is 1.33 bits per heavy atom. The van der Waals surface area contributed by atoms with Gasteiger partial charge in [0.25, 0.3) is 0 Å². The Kier molecular flexibility index (Phi) is 5.48. The maximum atomic E-state index is 12.1. The van der Waals surface area contributed by atoms with Crippen molar-refractivity contribution in [1.82, 2.24) is 29.8 Å². The summed E-state index contributed by atoms with van der Waals surface area (Å²) in [6.45, 7) is 1.87. The lowest BCUT2D eigenvalue weighted by Gasteiger charge is -2.03. The van der Waals surface area contributed by atoms with Crippen molar-refractivity contribution in [2.75, 3.05) is 20.1 Å². The molecule has 0 aliphatic rings. The molecule has 2 heterocycles. The van der Waals surface area contributed by atoms with E-state index >= 15 is 0 Å². The summed E-state index contributed by atoms with van der Waals surface area (Å²) in [5, 5.41) is 7.10. The summed E-state index contributed by atoms with van der Waals surface area (Å²) in [5.74, 6) is 0. The molecule has 0 spiro atoms. The highest BCUT2D eigenvalue weighted by Crippen LogP contribution is 2.07. The minimum absolute atomic E-state index is 0.191. The first-order valence-electron chi connectivity index (χ1n) is 6.76. The van der Waals surface area contributed by atoms with E-state index in [-0.39, 0.29) is 4.90 Å². The molecular weight excluding hydrogens is 292 g/mol. The molecule has 2 aromatic rings. The van der Waals surface area contributed by atoms with Gasteiger partial charge in [0.05, 0.1) is 12.5 Å². The van der Waals surface area contributed by atoms with E-state index in [1.807, 2.05) is 7.05 Å². The van der Waals surface area contributed by atoms with Gasteiger partial charge in [0.15, 0.2) is 0 Å². The van der Waals surface area contributed by atoms with Gasteiger partial charge in [0.1, 0.15) is 4.90 Å². The van der Waals surface area contributed by atoms with Crippen molar-refractivity contribution in [2.24, 2.45) is 0 Å². The van der Waals surface area contributed by atoms with Crippen LogP contribution in [-0.4, -0.2) is 48.3 Å². The number of H-pyrrole nitrogens is 1. The Hall–Kier alpha value is -1.71. The van der Waals surface area contributed by atoms with Crippen LogP contribution in [0, 0.1) is 0 Å². The van der Waals surface area contributed by atoms with E-state index in [4.69, 9.17) is 0 Å². The number of hydrogen-bond acceptors (Lipinski definition) is 5. The normalized spacial score (nSPS) is 11.9. The van der Waals surface area contributed by atoms with Crippen molar-refractivity contribution >= 4 is 10.0 Å². The Bertz CT molecular complexity index is 635. The van der Waals surface area contributed by atoms with Crippen LogP contribution in [-0.2, 0) is 23.0 Å². The predicted octanol–water partition coefficient (Wildman–Crippen LogP) is -0.263. The molecule has 21 heavy (non-hydrogen) atoms. The highest BCUT2D eigenvalue weighted by molar-refractivity contribution is 7.89. The molecule has 9 heteroatoms. The number of aromatic nitrogens is 4. The molecule has 3 N–H and O–H groups in total. The summed E-state index contributed by atoms with van der Waals surface area (Å²) in [6.07, 6.45) is 7.62. The average molecular weight is 312 g/mol. The number of nitrogens with zero attached hydrogens (tertiary/aromatic N) is 3. The lowest BCUT2D eigenvalue weighted by atomic mass is 10.3. The zero-order chi connectivity index (χ0) is 15.1. The Morgan fingerprint density at radius 2 is 2.19 bits per heavy atom. The van der Waals surface area contributed by atoms with Gasteiger partial charge in [0, 0.05) is 37.6 Å². The molecule has 0 aliphatic carbocycles. The fourth-order valence-electron chi connectivity index (χ4n) is 1.85. The summed E-state index contributed by atoms with van der Waals surface area (Å²) < 4.78 is 28.4. The van der Waals surface area contributed by atoms with Crippen LogP contribution in [0.1, 0.15) is 12.1 Å². The highest BCUT2D eigenvalue weighted by atomic mass is 32.2. The molecule has 0 atom stereocenters. The van der Waals surface area contributed by atoms with Crippen molar-refractivity contribution in [3.05, 3.63) is 30.6 Å².